The lowest BCUT2D eigenvalue weighted by molar-refractivity contribution is -0.384. The number of carbonyl (C=O) groups is 1. The van der Waals surface area contributed by atoms with Gasteiger partial charge in [0.2, 0.25) is 0 Å². The minimum Gasteiger partial charge on any atom is -0.484 e. The number of piperidine rings is 1. The Morgan fingerprint density at radius 2 is 2.05 bits per heavy atom. The number of amides is 1. The monoisotopic (exact) mass is 302 g/mol. The lowest BCUT2D eigenvalue weighted by Gasteiger charge is -2.36. The van der Waals surface area contributed by atoms with Crippen LogP contribution >= 0.6 is 0 Å². The summed E-state index contributed by atoms with van der Waals surface area (Å²) in [5.74, 6) is -3.24. The molecule has 1 amide bonds. The van der Waals surface area contributed by atoms with Crippen LogP contribution in [0, 0.1) is 10.1 Å². The number of rotatable bonds is 3. The molecule has 1 heterocycles. The summed E-state index contributed by atoms with van der Waals surface area (Å²) in [5.41, 5.74) is -0.171. The molecule has 1 fully saturated rings. The maximum Gasteiger partial charge on any atom is 0.407 e. The molecule has 1 atom stereocenters. The Morgan fingerprint density at radius 1 is 1.43 bits per heavy atom. The third kappa shape index (κ3) is 3.36. The van der Waals surface area contributed by atoms with Crippen LogP contribution in [0.2, 0.25) is 0 Å². The Kier molecular flexibility index (Phi) is 3.92. The summed E-state index contributed by atoms with van der Waals surface area (Å²) in [6.07, 6.45) is -3.02. The molecule has 1 N–H and O–H groups in total. The summed E-state index contributed by atoms with van der Waals surface area (Å²) in [6, 6.07) is 4.77. The molecule has 0 saturated carbocycles. The normalized spacial score (nSPS) is 20.9. The maximum atomic E-state index is 13.8. The van der Waals surface area contributed by atoms with Crippen LogP contribution in [-0.2, 0) is 0 Å². The van der Waals surface area contributed by atoms with E-state index in [0.29, 0.717) is 4.90 Å². The molecule has 0 aromatic heterocycles. The van der Waals surface area contributed by atoms with Crippen molar-refractivity contribution in [2.24, 2.45) is 0 Å². The van der Waals surface area contributed by atoms with Gasteiger partial charge in [-0.1, -0.05) is 0 Å². The SMILES string of the molecule is O=C(O)N1CCC(Oc2ccc([N+](=O)[O-])cc2)C(F)(F)C1. The summed E-state index contributed by atoms with van der Waals surface area (Å²) >= 11 is 0. The quantitative estimate of drug-likeness (QED) is 0.683. The zero-order valence-electron chi connectivity index (χ0n) is 10.7. The summed E-state index contributed by atoms with van der Waals surface area (Å²) in [5, 5.41) is 19.2. The molecule has 1 unspecified atom stereocenters. The van der Waals surface area contributed by atoms with Gasteiger partial charge in [-0.3, -0.25) is 10.1 Å². The van der Waals surface area contributed by atoms with Crippen molar-refractivity contribution in [3.05, 3.63) is 34.4 Å². The van der Waals surface area contributed by atoms with Crippen LogP contribution in [0.3, 0.4) is 0 Å². The van der Waals surface area contributed by atoms with E-state index >= 15 is 0 Å². The molecule has 0 spiro atoms. The van der Waals surface area contributed by atoms with E-state index < -0.39 is 29.6 Å². The number of carboxylic acid groups (broad SMARTS) is 1. The number of nitrogens with zero attached hydrogens (tertiary/aromatic N) is 2. The van der Waals surface area contributed by atoms with Crippen LogP contribution in [0.1, 0.15) is 6.42 Å². The number of benzene rings is 1. The van der Waals surface area contributed by atoms with Crippen LogP contribution in [0.25, 0.3) is 0 Å². The van der Waals surface area contributed by atoms with E-state index in [4.69, 9.17) is 9.84 Å². The Bertz CT molecular complexity index is 549. The molecule has 9 heteroatoms. The third-order valence-electron chi connectivity index (χ3n) is 3.13. The summed E-state index contributed by atoms with van der Waals surface area (Å²) < 4.78 is 32.8. The van der Waals surface area contributed by atoms with Gasteiger partial charge in [-0.05, 0) is 12.1 Å². The minimum atomic E-state index is -3.32. The topological polar surface area (TPSA) is 92.9 Å². The van der Waals surface area contributed by atoms with Crippen molar-refractivity contribution in [3.63, 3.8) is 0 Å². The molecule has 1 aromatic carbocycles. The molecule has 1 aliphatic heterocycles. The van der Waals surface area contributed by atoms with Gasteiger partial charge in [0, 0.05) is 25.1 Å². The highest BCUT2D eigenvalue weighted by molar-refractivity contribution is 5.65. The van der Waals surface area contributed by atoms with Crippen molar-refractivity contribution in [2.45, 2.75) is 18.4 Å². The van der Waals surface area contributed by atoms with Crippen LogP contribution < -0.4 is 4.74 Å². The van der Waals surface area contributed by atoms with Crippen molar-refractivity contribution < 1.29 is 28.3 Å². The zero-order chi connectivity index (χ0) is 15.6. The first kappa shape index (κ1) is 14.9. The second-order valence-corrected chi connectivity index (χ2v) is 4.61. The highest BCUT2D eigenvalue weighted by Gasteiger charge is 2.47. The number of non-ortho nitro benzene ring substituents is 1. The van der Waals surface area contributed by atoms with E-state index in [1.54, 1.807) is 0 Å². The molecule has 0 aliphatic carbocycles. The van der Waals surface area contributed by atoms with Crippen molar-refractivity contribution in [3.8, 4) is 5.75 Å². The van der Waals surface area contributed by atoms with E-state index in [2.05, 4.69) is 0 Å². The first-order valence-electron chi connectivity index (χ1n) is 6.06. The van der Waals surface area contributed by atoms with E-state index in [1.807, 2.05) is 0 Å². The molecule has 114 valence electrons. The Morgan fingerprint density at radius 3 is 2.52 bits per heavy atom. The second-order valence-electron chi connectivity index (χ2n) is 4.61. The first-order chi connectivity index (χ1) is 9.79. The van der Waals surface area contributed by atoms with Gasteiger partial charge in [-0.2, -0.15) is 0 Å². The number of alkyl halides is 2. The highest BCUT2D eigenvalue weighted by Crippen LogP contribution is 2.31. The zero-order valence-corrected chi connectivity index (χ0v) is 10.7. The fourth-order valence-corrected chi connectivity index (χ4v) is 2.04. The average Bonchev–Trinajstić information content (AvgIpc) is 2.41. The van der Waals surface area contributed by atoms with Gasteiger partial charge < -0.3 is 14.7 Å². The van der Waals surface area contributed by atoms with Crippen molar-refractivity contribution >= 4 is 11.8 Å². The van der Waals surface area contributed by atoms with Crippen LogP contribution in [0.4, 0.5) is 19.3 Å². The number of hydrogen-bond donors (Lipinski definition) is 1. The van der Waals surface area contributed by atoms with Crippen LogP contribution in [0.5, 0.6) is 5.75 Å². The third-order valence-corrected chi connectivity index (χ3v) is 3.13. The van der Waals surface area contributed by atoms with Crippen LogP contribution in [0.15, 0.2) is 24.3 Å². The lowest BCUT2D eigenvalue weighted by Crippen LogP contribution is -2.55. The average molecular weight is 302 g/mol. The lowest BCUT2D eigenvalue weighted by atomic mass is 10.0. The Hall–Kier alpha value is -2.45. The van der Waals surface area contributed by atoms with Crippen molar-refractivity contribution in [2.75, 3.05) is 13.1 Å². The Balaban J connectivity index is 2.05. The summed E-state index contributed by atoms with van der Waals surface area (Å²) in [7, 11) is 0. The number of hydrogen-bond acceptors (Lipinski definition) is 4. The standard InChI is InChI=1S/C12H12F2N2O5/c13-12(14)7-15(11(17)18)6-5-10(12)21-9-3-1-8(2-4-9)16(19)20/h1-4,10H,5-7H2,(H,17,18). The molecule has 1 aromatic rings. The predicted molar refractivity (Wildman–Crippen MR) is 66.7 cm³/mol. The number of likely N-dealkylation sites (tertiary alicyclic amines) is 1. The number of nitro benzene ring substituents is 1. The fraction of sp³-hybridized carbons (Fsp3) is 0.417. The molecule has 2 rings (SSSR count). The Labute approximate surface area is 117 Å². The molecule has 1 saturated heterocycles. The fourth-order valence-electron chi connectivity index (χ4n) is 2.04. The smallest absolute Gasteiger partial charge is 0.407 e. The first-order valence-corrected chi connectivity index (χ1v) is 6.06. The van der Waals surface area contributed by atoms with E-state index in [0.717, 1.165) is 12.1 Å². The van der Waals surface area contributed by atoms with Crippen molar-refractivity contribution in [1.82, 2.24) is 4.90 Å². The highest BCUT2D eigenvalue weighted by atomic mass is 19.3. The summed E-state index contributed by atoms with van der Waals surface area (Å²) in [6.45, 7) is -0.984. The van der Waals surface area contributed by atoms with Gasteiger partial charge in [0.05, 0.1) is 11.5 Å². The van der Waals surface area contributed by atoms with Gasteiger partial charge in [0.15, 0.2) is 6.10 Å². The number of halogens is 2. The van der Waals surface area contributed by atoms with Crippen molar-refractivity contribution in [1.29, 1.82) is 0 Å². The molecule has 0 bridgehead atoms. The molecule has 7 nitrogen and oxygen atoms in total. The minimum absolute atomic E-state index is 0.0530. The van der Waals surface area contributed by atoms with Gasteiger partial charge in [0.1, 0.15) is 5.75 Å². The van der Waals surface area contributed by atoms with E-state index in [-0.39, 0.29) is 24.4 Å². The predicted octanol–water partition coefficient (Wildman–Crippen LogP) is 2.36. The molecular formula is C12H12F2N2O5. The maximum absolute atomic E-state index is 13.8. The number of nitro groups is 1. The molecule has 21 heavy (non-hydrogen) atoms. The van der Waals surface area contributed by atoms with Gasteiger partial charge >= 0.3 is 12.0 Å². The summed E-state index contributed by atoms with van der Waals surface area (Å²) in [4.78, 5) is 21.2. The van der Waals surface area contributed by atoms with Gasteiger partial charge in [0.25, 0.3) is 5.69 Å². The molecule has 1 aliphatic rings. The van der Waals surface area contributed by atoms with E-state index in [1.165, 1.54) is 12.1 Å². The van der Waals surface area contributed by atoms with Gasteiger partial charge in [-0.15, -0.1) is 0 Å². The molecular weight excluding hydrogens is 290 g/mol. The molecule has 0 radical (unpaired) electrons. The van der Waals surface area contributed by atoms with E-state index in [9.17, 15) is 23.7 Å². The number of ether oxygens (including phenoxy) is 1. The second kappa shape index (κ2) is 5.51. The largest absolute Gasteiger partial charge is 0.484 e. The van der Waals surface area contributed by atoms with Crippen LogP contribution in [-0.4, -0.2) is 46.1 Å². The van der Waals surface area contributed by atoms with Gasteiger partial charge in [-0.25, -0.2) is 13.6 Å².